The molecular formula is C13H23NO3Si2. The monoisotopic (exact) mass is 297 g/mol. The Bertz CT molecular complexity index is 476. The van der Waals surface area contributed by atoms with Gasteiger partial charge in [-0.1, -0.05) is 0 Å². The summed E-state index contributed by atoms with van der Waals surface area (Å²) in [5, 5.41) is 0. The van der Waals surface area contributed by atoms with Crippen LogP contribution in [0.2, 0.25) is 39.3 Å². The molecule has 0 heterocycles. The third-order valence-corrected chi connectivity index (χ3v) is 3.67. The first-order valence-corrected chi connectivity index (χ1v) is 13.1. The molecule has 0 amide bonds. The first kappa shape index (κ1) is 15.8. The molecule has 0 unspecified atom stereocenters. The summed E-state index contributed by atoms with van der Waals surface area (Å²) in [7, 11) is -3.73. The van der Waals surface area contributed by atoms with Crippen LogP contribution < -0.4 is 10.2 Å². The number of rotatable bonds is 4. The average Bonchev–Trinajstić information content (AvgIpc) is 2.16. The lowest BCUT2D eigenvalue weighted by Crippen LogP contribution is -2.32. The van der Waals surface area contributed by atoms with Crippen LogP contribution in [0.1, 0.15) is 10.4 Å². The van der Waals surface area contributed by atoms with Crippen molar-refractivity contribution in [2.45, 2.75) is 39.3 Å². The van der Waals surface area contributed by atoms with Gasteiger partial charge in [-0.15, -0.1) is 0 Å². The van der Waals surface area contributed by atoms with Crippen LogP contribution in [0.15, 0.2) is 18.2 Å². The third kappa shape index (κ3) is 5.48. The second-order valence-corrected chi connectivity index (χ2v) is 15.3. The molecule has 106 valence electrons. The van der Waals surface area contributed by atoms with Gasteiger partial charge in [0.2, 0.25) is 16.6 Å². The minimum Gasteiger partial charge on any atom is -0.544 e. The Morgan fingerprint density at radius 3 is 2.11 bits per heavy atom. The molecule has 2 N–H and O–H groups in total. The Balaban J connectivity index is 3.10. The summed E-state index contributed by atoms with van der Waals surface area (Å²) in [6.07, 6.45) is 0. The van der Waals surface area contributed by atoms with Gasteiger partial charge < -0.3 is 14.6 Å². The zero-order valence-corrected chi connectivity index (χ0v) is 14.5. The van der Waals surface area contributed by atoms with E-state index in [2.05, 4.69) is 19.6 Å². The van der Waals surface area contributed by atoms with Gasteiger partial charge >= 0.3 is 5.97 Å². The number of hydrogen-bond acceptors (Lipinski definition) is 4. The highest BCUT2D eigenvalue weighted by atomic mass is 28.4. The SMILES string of the molecule is C[Si](C)(C)OC(=O)c1cc(N)ccc1O[Si](C)(C)C. The number of anilines is 1. The van der Waals surface area contributed by atoms with Crippen molar-refractivity contribution in [3.8, 4) is 5.75 Å². The Hall–Kier alpha value is -1.28. The second-order valence-electron chi connectivity index (χ2n) is 6.47. The van der Waals surface area contributed by atoms with Gasteiger partial charge in [0.05, 0.1) is 0 Å². The van der Waals surface area contributed by atoms with Gasteiger partial charge in [-0.25, -0.2) is 4.79 Å². The minimum atomic E-state index is -1.94. The largest absolute Gasteiger partial charge is 0.544 e. The van der Waals surface area contributed by atoms with Crippen molar-refractivity contribution in [1.29, 1.82) is 0 Å². The van der Waals surface area contributed by atoms with Crippen LogP contribution in [0.5, 0.6) is 5.75 Å². The van der Waals surface area contributed by atoms with E-state index in [1.807, 2.05) is 19.6 Å². The lowest BCUT2D eigenvalue weighted by Gasteiger charge is -2.23. The Kier molecular flexibility index (Phi) is 4.47. The molecule has 4 nitrogen and oxygen atoms in total. The summed E-state index contributed by atoms with van der Waals surface area (Å²) in [4.78, 5) is 12.2. The van der Waals surface area contributed by atoms with Gasteiger partial charge in [-0.2, -0.15) is 0 Å². The maximum Gasteiger partial charge on any atom is 0.328 e. The van der Waals surface area contributed by atoms with Gasteiger partial charge in [0.25, 0.3) is 0 Å². The molecule has 0 aliphatic heterocycles. The first-order valence-electron chi connectivity index (χ1n) is 6.30. The Morgan fingerprint density at radius 1 is 1.05 bits per heavy atom. The number of carbonyl (C=O) groups excluding carboxylic acids is 1. The maximum absolute atomic E-state index is 12.2. The standard InChI is InChI=1S/C13H23NO3Si2/c1-18(2,3)16-12-8-7-10(14)9-11(12)13(15)17-19(4,5)6/h7-9H,14H2,1-6H3. The summed E-state index contributed by atoms with van der Waals surface area (Å²) in [6, 6.07) is 5.10. The number of nitrogens with two attached hydrogens (primary N) is 1. The lowest BCUT2D eigenvalue weighted by molar-refractivity contribution is 0.0722. The van der Waals surface area contributed by atoms with E-state index in [-0.39, 0.29) is 5.97 Å². The van der Waals surface area contributed by atoms with Gasteiger partial charge in [-0.05, 0) is 57.5 Å². The van der Waals surface area contributed by atoms with E-state index < -0.39 is 16.6 Å². The molecule has 0 radical (unpaired) electrons. The van der Waals surface area contributed by atoms with Crippen LogP contribution >= 0.6 is 0 Å². The van der Waals surface area contributed by atoms with E-state index in [0.29, 0.717) is 17.0 Å². The van der Waals surface area contributed by atoms with Crippen LogP contribution in [0.4, 0.5) is 5.69 Å². The molecule has 19 heavy (non-hydrogen) atoms. The van der Waals surface area contributed by atoms with Gasteiger partial charge in [0.15, 0.2) is 0 Å². The van der Waals surface area contributed by atoms with Crippen LogP contribution in [-0.4, -0.2) is 22.6 Å². The summed E-state index contributed by atoms with van der Waals surface area (Å²) in [6.45, 7) is 12.1. The van der Waals surface area contributed by atoms with Gasteiger partial charge in [0, 0.05) is 5.69 Å². The van der Waals surface area contributed by atoms with Crippen molar-refractivity contribution >= 4 is 28.3 Å². The molecule has 0 saturated carbocycles. The zero-order valence-electron chi connectivity index (χ0n) is 12.5. The lowest BCUT2D eigenvalue weighted by atomic mass is 10.2. The van der Waals surface area contributed by atoms with Crippen LogP contribution in [-0.2, 0) is 4.43 Å². The molecule has 0 fully saturated rings. The fraction of sp³-hybridized carbons (Fsp3) is 0.462. The summed E-state index contributed by atoms with van der Waals surface area (Å²) >= 11 is 0. The molecule has 1 aromatic rings. The topological polar surface area (TPSA) is 61.5 Å². The molecule has 0 aliphatic carbocycles. The molecule has 0 saturated heterocycles. The van der Waals surface area contributed by atoms with E-state index >= 15 is 0 Å². The van der Waals surface area contributed by atoms with Crippen molar-refractivity contribution in [2.75, 3.05) is 5.73 Å². The van der Waals surface area contributed by atoms with Crippen molar-refractivity contribution < 1.29 is 13.6 Å². The Labute approximate surface area is 117 Å². The molecule has 0 spiro atoms. The molecule has 6 heteroatoms. The second kappa shape index (κ2) is 5.38. The molecular weight excluding hydrogens is 274 g/mol. The molecule has 0 aromatic heterocycles. The third-order valence-electron chi connectivity index (χ3n) is 2.04. The van der Waals surface area contributed by atoms with E-state index in [1.165, 1.54) is 0 Å². The van der Waals surface area contributed by atoms with Crippen LogP contribution in [0, 0.1) is 0 Å². The number of nitrogen functional groups attached to an aromatic ring is 1. The Morgan fingerprint density at radius 2 is 1.63 bits per heavy atom. The highest BCUT2D eigenvalue weighted by Gasteiger charge is 2.25. The van der Waals surface area contributed by atoms with Crippen molar-refractivity contribution in [1.82, 2.24) is 0 Å². The molecule has 0 atom stereocenters. The van der Waals surface area contributed by atoms with Gasteiger partial charge in [-0.3, -0.25) is 0 Å². The summed E-state index contributed by atoms with van der Waals surface area (Å²) in [5.74, 6) is 0.219. The summed E-state index contributed by atoms with van der Waals surface area (Å²) in [5.41, 5.74) is 6.71. The molecule has 0 aliphatic rings. The van der Waals surface area contributed by atoms with Crippen LogP contribution in [0.25, 0.3) is 0 Å². The molecule has 0 bridgehead atoms. The fourth-order valence-corrected chi connectivity index (χ4v) is 2.96. The fourth-order valence-electron chi connectivity index (χ4n) is 1.46. The maximum atomic E-state index is 12.2. The number of benzene rings is 1. The van der Waals surface area contributed by atoms with E-state index in [0.717, 1.165) is 0 Å². The zero-order chi connectivity index (χ0) is 14.8. The normalized spacial score (nSPS) is 12.1. The van der Waals surface area contributed by atoms with Crippen molar-refractivity contribution in [2.24, 2.45) is 0 Å². The van der Waals surface area contributed by atoms with Crippen molar-refractivity contribution in [3.05, 3.63) is 23.8 Å². The minimum absolute atomic E-state index is 0.347. The predicted molar refractivity (Wildman–Crippen MR) is 83.6 cm³/mol. The number of carbonyl (C=O) groups is 1. The van der Waals surface area contributed by atoms with Crippen LogP contribution in [0.3, 0.4) is 0 Å². The first-order chi connectivity index (χ1) is 8.48. The smallest absolute Gasteiger partial charge is 0.328 e. The summed E-state index contributed by atoms with van der Waals surface area (Å²) < 4.78 is 11.4. The highest BCUT2D eigenvalue weighted by Crippen LogP contribution is 2.26. The molecule has 1 rings (SSSR count). The quantitative estimate of drug-likeness (QED) is 0.683. The van der Waals surface area contributed by atoms with E-state index in [1.54, 1.807) is 18.2 Å². The van der Waals surface area contributed by atoms with E-state index in [4.69, 9.17) is 14.6 Å². The van der Waals surface area contributed by atoms with E-state index in [9.17, 15) is 4.79 Å². The average molecular weight is 298 g/mol. The van der Waals surface area contributed by atoms with Gasteiger partial charge in [0.1, 0.15) is 11.3 Å². The molecule has 1 aromatic carbocycles. The van der Waals surface area contributed by atoms with Crippen molar-refractivity contribution in [3.63, 3.8) is 0 Å². The number of hydrogen-bond donors (Lipinski definition) is 1. The predicted octanol–water partition coefficient (Wildman–Crippen LogP) is 3.47. The highest BCUT2D eigenvalue weighted by molar-refractivity contribution is 6.71.